The molecule has 2 N–H and O–H groups in total. The van der Waals surface area contributed by atoms with Crippen LogP contribution in [0.2, 0.25) is 0 Å². The molecular weight excluding hydrogens is 451 g/mol. The van der Waals surface area contributed by atoms with Gasteiger partial charge in [-0.25, -0.2) is 0 Å². The first-order chi connectivity index (χ1) is 16.1. The van der Waals surface area contributed by atoms with Crippen molar-refractivity contribution in [2.45, 2.75) is 37.1 Å². The van der Waals surface area contributed by atoms with Gasteiger partial charge in [-0.15, -0.1) is 0 Å². The molecule has 180 valence electrons. The fourth-order valence-electron chi connectivity index (χ4n) is 4.61. The number of β-amino-alcohol motifs (C(OH)–C–C–N with tert-alkyl or cyclic N) is 1. The summed E-state index contributed by atoms with van der Waals surface area (Å²) in [4.78, 5) is 14.6. The maximum Gasteiger partial charge on any atom is 0.416 e. The fraction of sp³-hybridized carbons (Fsp3) is 0.417. The first kappa shape index (κ1) is 22.7. The van der Waals surface area contributed by atoms with Crippen LogP contribution in [0.3, 0.4) is 0 Å². The van der Waals surface area contributed by atoms with Gasteiger partial charge in [-0.3, -0.25) is 9.48 Å². The highest BCUT2D eigenvalue weighted by atomic mass is 19.4. The summed E-state index contributed by atoms with van der Waals surface area (Å²) in [6.45, 7) is 0.510. The zero-order chi connectivity index (χ0) is 24.2. The maximum atomic E-state index is 13.0. The van der Waals surface area contributed by atoms with Crippen LogP contribution in [0.1, 0.15) is 29.9 Å². The Kier molecular flexibility index (Phi) is 5.52. The molecule has 2 aromatic carbocycles. The maximum absolute atomic E-state index is 13.0. The fourth-order valence-corrected chi connectivity index (χ4v) is 4.61. The summed E-state index contributed by atoms with van der Waals surface area (Å²) in [5.74, 6) is 0.324. The summed E-state index contributed by atoms with van der Waals surface area (Å²) >= 11 is 0. The van der Waals surface area contributed by atoms with Gasteiger partial charge < -0.3 is 19.8 Å². The van der Waals surface area contributed by atoms with Crippen LogP contribution >= 0.6 is 0 Å². The highest BCUT2D eigenvalue weighted by molar-refractivity contribution is 5.88. The van der Waals surface area contributed by atoms with Gasteiger partial charge in [-0.05, 0) is 60.7 Å². The number of rotatable bonds is 4. The summed E-state index contributed by atoms with van der Waals surface area (Å²) in [6, 6.07) is 8.05. The number of aliphatic hydroxyl groups is 2. The van der Waals surface area contributed by atoms with E-state index in [4.69, 9.17) is 4.74 Å². The standard InChI is InChI=1S/C24H24F3N3O4/c1-29-11-13-8-16(34-15-4-2-14(3-5-15)24(25,26)27)9-18(22(13)28-29)17-10-19(17)23(33)30-7-6-20(31)21(32)12-30/h2-5,8-9,11,17,19-21,31-32H,6-7,10,12H2,1H3/t17-,19+,20+,21+/m0/s1. The smallest absolute Gasteiger partial charge is 0.416 e. The number of alkyl halides is 3. The van der Waals surface area contributed by atoms with Crippen LogP contribution in [0.25, 0.3) is 10.9 Å². The molecule has 1 amide bonds. The Hall–Kier alpha value is -3.11. The number of hydrogen-bond acceptors (Lipinski definition) is 5. The predicted molar refractivity (Wildman–Crippen MR) is 116 cm³/mol. The van der Waals surface area contributed by atoms with Crippen LogP contribution in [0.4, 0.5) is 13.2 Å². The number of likely N-dealkylation sites (tertiary alicyclic amines) is 1. The molecule has 1 aliphatic heterocycles. The van der Waals surface area contributed by atoms with Crippen molar-refractivity contribution in [1.82, 2.24) is 14.7 Å². The largest absolute Gasteiger partial charge is 0.457 e. The van der Waals surface area contributed by atoms with Crippen LogP contribution in [-0.4, -0.2) is 56.1 Å². The molecule has 34 heavy (non-hydrogen) atoms. The first-order valence-corrected chi connectivity index (χ1v) is 11.1. The van der Waals surface area contributed by atoms with E-state index in [1.807, 2.05) is 6.20 Å². The number of carbonyl (C=O) groups is 1. The molecule has 0 radical (unpaired) electrons. The summed E-state index contributed by atoms with van der Waals surface area (Å²) in [7, 11) is 1.79. The van der Waals surface area contributed by atoms with Crippen molar-refractivity contribution in [3.05, 3.63) is 53.7 Å². The lowest BCUT2D eigenvalue weighted by molar-refractivity contribution is -0.139. The first-order valence-electron chi connectivity index (χ1n) is 11.1. The third-order valence-corrected chi connectivity index (χ3v) is 6.51. The van der Waals surface area contributed by atoms with E-state index in [1.165, 1.54) is 12.1 Å². The van der Waals surface area contributed by atoms with E-state index in [-0.39, 0.29) is 30.0 Å². The van der Waals surface area contributed by atoms with Gasteiger partial charge in [-0.1, -0.05) is 0 Å². The molecule has 1 aliphatic carbocycles. The van der Waals surface area contributed by atoms with Gasteiger partial charge in [0.15, 0.2) is 0 Å². The SMILES string of the molecule is Cn1cc2cc(Oc3ccc(C(F)(F)F)cc3)cc([C@@H]3C[C@H]3C(=O)N3CC[C@@H](O)[C@H](O)C3)c2n1. The number of nitrogens with zero attached hydrogens (tertiary/aromatic N) is 3. The number of aromatic nitrogens is 2. The van der Waals surface area contributed by atoms with E-state index in [1.54, 1.807) is 28.8 Å². The molecule has 4 atom stereocenters. The molecule has 0 bridgehead atoms. The molecule has 0 unspecified atom stereocenters. The van der Waals surface area contributed by atoms with Crippen LogP contribution in [0.5, 0.6) is 11.5 Å². The molecule has 2 aliphatic rings. The molecule has 2 fully saturated rings. The van der Waals surface area contributed by atoms with E-state index < -0.39 is 23.9 Å². The quantitative estimate of drug-likeness (QED) is 0.604. The normalized spacial score (nSPS) is 24.9. The van der Waals surface area contributed by atoms with E-state index in [0.29, 0.717) is 25.1 Å². The number of aryl methyl sites for hydroxylation is 1. The van der Waals surface area contributed by atoms with Gasteiger partial charge in [0.05, 0.1) is 23.3 Å². The molecule has 3 aromatic rings. The number of benzene rings is 2. The average molecular weight is 475 g/mol. The topological polar surface area (TPSA) is 87.8 Å². The van der Waals surface area contributed by atoms with Gasteiger partial charge in [0, 0.05) is 37.6 Å². The second-order valence-electron chi connectivity index (χ2n) is 9.03. The Bertz CT molecular complexity index is 1220. The van der Waals surface area contributed by atoms with Crippen molar-refractivity contribution < 1.29 is 32.9 Å². The predicted octanol–water partition coefficient (Wildman–Crippen LogP) is 3.44. The van der Waals surface area contributed by atoms with Crippen molar-refractivity contribution in [1.29, 1.82) is 0 Å². The molecule has 1 saturated heterocycles. The Morgan fingerprint density at radius 3 is 2.53 bits per heavy atom. The minimum Gasteiger partial charge on any atom is -0.457 e. The van der Waals surface area contributed by atoms with Crippen molar-refractivity contribution in [2.24, 2.45) is 13.0 Å². The zero-order valence-electron chi connectivity index (χ0n) is 18.4. The van der Waals surface area contributed by atoms with Crippen molar-refractivity contribution in [3.63, 3.8) is 0 Å². The number of fused-ring (bicyclic) bond motifs is 1. The highest BCUT2D eigenvalue weighted by Gasteiger charge is 2.48. The van der Waals surface area contributed by atoms with Crippen LogP contribution in [0, 0.1) is 5.92 Å². The molecule has 2 heterocycles. The number of amides is 1. The number of aliphatic hydroxyl groups excluding tert-OH is 2. The second-order valence-corrected chi connectivity index (χ2v) is 9.03. The Balaban J connectivity index is 1.38. The lowest BCUT2D eigenvalue weighted by Crippen LogP contribution is -2.49. The van der Waals surface area contributed by atoms with E-state index in [2.05, 4.69) is 5.10 Å². The number of halogens is 3. The lowest BCUT2D eigenvalue weighted by atomic mass is 10.0. The lowest BCUT2D eigenvalue weighted by Gasteiger charge is -2.33. The van der Waals surface area contributed by atoms with Crippen molar-refractivity contribution in [2.75, 3.05) is 13.1 Å². The summed E-state index contributed by atoms with van der Waals surface area (Å²) in [5, 5.41) is 25.0. The third kappa shape index (κ3) is 4.35. The number of ether oxygens (including phenoxy) is 1. The minimum absolute atomic E-state index is 0.0610. The van der Waals surface area contributed by atoms with Gasteiger partial charge in [-0.2, -0.15) is 18.3 Å². The average Bonchev–Trinajstić information content (AvgIpc) is 3.48. The number of carbonyl (C=O) groups excluding carboxylic acids is 1. The van der Waals surface area contributed by atoms with Gasteiger partial charge in [0.2, 0.25) is 5.91 Å². The molecule has 5 rings (SSSR count). The molecule has 10 heteroatoms. The molecular formula is C24H24F3N3O4. The second kappa shape index (κ2) is 8.28. The van der Waals surface area contributed by atoms with Gasteiger partial charge in [0.25, 0.3) is 0 Å². The Labute approximate surface area is 193 Å². The molecule has 1 saturated carbocycles. The third-order valence-electron chi connectivity index (χ3n) is 6.51. The van der Waals surface area contributed by atoms with E-state index >= 15 is 0 Å². The van der Waals surface area contributed by atoms with Gasteiger partial charge in [0.1, 0.15) is 11.5 Å². The summed E-state index contributed by atoms with van der Waals surface area (Å²) in [5.41, 5.74) is 0.838. The van der Waals surface area contributed by atoms with Crippen LogP contribution < -0.4 is 4.74 Å². The van der Waals surface area contributed by atoms with Gasteiger partial charge >= 0.3 is 6.18 Å². The Morgan fingerprint density at radius 1 is 1.12 bits per heavy atom. The Morgan fingerprint density at radius 2 is 1.85 bits per heavy atom. The van der Waals surface area contributed by atoms with E-state index in [9.17, 15) is 28.2 Å². The van der Waals surface area contributed by atoms with E-state index in [0.717, 1.165) is 28.6 Å². The highest BCUT2D eigenvalue weighted by Crippen LogP contribution is 2.51. The minimum atomic E-state index is -4.42. The molecule has 0 spiro atoms. The van der Waals surface area contributed by atoms with Crippen LogP contribution in [-0.2, 0) is 18.0 Å². The van der Waals surface area contributed by atoms with Crippen molar-refractivity contribution in [3.8, 4) is 11.5 Å². The summed E-state index contributed by atoms with van der Waals surface area (Å²) < 4.78 is 46.0. The number of hydrogen-bond donors (Lipinski definition) is 2. The zero-order valence-corrected chi connectivity index (χ0v) is 18.4. The monoisotopic (exact) mass is 475 g/mol. The summed E-state index contributed by atoms with van der Waals surface area (Å²) in [6.07, 6.45) is -3.39. The molecule has 7 nitrogen and oxygen atoms in total. The van der Waals surface area contributed by atoms with Crippen LogP contribution in [0.15, 0.2) is 42.6 Å². The molecule has 1 aromatic heterocycles. The van der Waals surface area contributed by atoms with Crippen molar-refractivity contribution >= 4 is 16.8 Å². The number of piperidine rings is 1.